The number of benzene rings is 2. The number of fused-ring (bicyclic) bond motifs is 1. The summed E-state index contributed by atoms with van der Waals surface area (Å²) < 4.78 is 2.02. The first-order valence-corrected chi connectivity index (χ1v) is 13.8. The lowest BCUT2D eigenvalue weighted by atomic mass is 9.92. The van der Waals surface area contributed by atoms with Gasteiger partial charge >= 0.3 is 0 Å². The second-order valence-corrected chi connectivity index (χ2v) is 10.0. The molecule has 204 valence electrons. The molecule has 5 rings (SSSR count). The molecule has 0 aliphatic heterocycles. The minimum Gasteiger partial charge on any atom is -0.362 e. The predicted octanol–water partition coefficient (Wildman–Crippen LogP) is 8.59. The minimum atomic E-state index is 0.962. The van der Waals surface area contributed by atoms with Crippen LogP contribution in [0.25, 0.3) is 11.1 Å². The summed E-state index contributed by atoms with van der Waals surface area (Å²) in [4.78, 5) is 0. The molecule has 0 amide bonds. The molecule has 2 aromatic carbocycles. The van der Waals surface area contributed by atoms with E-state index in [0.29, 0.717) is 0 Å². The number of hydrogen-bond donors (Lipinski definition) is 2. The van der Waals surface area contributed by atoms with Crippen molar-refractivity contribution in [2.45, 2.75) is 60.4 Å². The molecule has 0 spiro atoms. The van der Waals surface area contributed by atoms with Crippen LogP contribution in [-0.4, -0.2) is 16.7 Å². The van der Waals surface area contributed by atoms with E-state index in [1.807, 2.05) is 29.9 Å². The Morgan fingerprint density at radius 3 is 2.36 bits per heavy atom. The first-order valence-electron chi connectivity index (χ1n) is 13.8. The van der Waals surface area contributed by atoms with Crippen LogP contribution in [0.15, 0.2) is 97.4 Å². The van der Waals surface area contributed by atoms with Gasteiger partial charge in [-0.05, 0) is 123 Å². The molecular weight excluding hydrogens is 476 g/mol. The molecule has 0 saturated carbocycles. The van der Waals surface area contributed by atoms with Crippen molar-refractivity contribution in [3.63, 3.8) is 0 Å². The van der Waals surface area contributed by atoms with E-state index in [4.69, 9.17) is 0 Å². The van der Waals surface area contributed by atoms with Gasteiger partial charge in [0.05, 0.1) is 11.7 Å². The van der Waals surface area contributed by atoms with Gasteiger partial charge in [0.15, 0.2) is 0 Å². The van der Waals surface area contributed by atoms with E-state index < -0.39 is 0 Å². The highest BCUT2D eigenvalue weighted by atomic mass is 15.2. The zero-order chi connectivity index (χ0) is 28.2. The summed E-state index contributed by atoms with van der Waals surface area (Å²) in [7, 11) is 1.97. The molecule has 1 aliphatic carbocycles. The summed E-state index contributed by atoms with van der Waals surface area (Å²) in [6.07, 6.45) is 11.5. The van der Waals surface area contributed by atoms with Crippen LogP contribution in [-0.2, 0) is 13.0 Å². The molecule has 1 aliphatic rings. The van der Waals surface area contributed by atoms with Crippen molar-refractivity contribution in [1.82, 2.24) is 14.9 Å². The first kappa shape index (κ1) is 29.7. The first-order chi connectivity index (χ1) is 18.9. The van der Waals surface area contributed by atoms with Crippen LogP contribution in [0, 0.1) is 20.8 Å². The number of anilines is 1. The van der Waals surface area contributed by atoms with Crippen LogP contribution in [0.2, 0.25) is 0 Å². The van der Waals surface area contributed by atoms with Crippen LogP contribution >= 0.6 is 0 Å². The van der Waals surface area contributed by atoms with Crippen LogP contribution in [0.5, 0.6) is 0 Å². The molecule has 39 heavy (non-hydrogen) atoms. The van der Waals surface area contributed by atoms with Gasteiger partial charge in [-0.25, -0.2) is 4.52 Å². The number of pyridine rings is 1. The van der Waals surface area contributed by atoms with Gasteiger partial charge < -0.3 is 10.6 Å². The molecule has 0 bridgehead atoms. The predicted molar refractivity (Wildman–Crippen MR) is 169 cm³/mol. The van der Waals surface area contributed by atoms with Crippen LogP contribution in [0.1, 0.15) is 60.2 Å². The van der Waals surface area contributed by atoms with Crippen molar-refractivity contribution < 1.29 is 0 Å². The number of nitrogens with zero attached hydrogens (tertiary/aromatic N) is 2. The van der Waals surface area contributed by atoms with E-state index in [2.05, 4.69) is 118 Å². The Morgan fingerprint density at radius 2 is 1.72 bits per heavy atom. The van der Waals surface area contributed by atoms with E-state index in [0.717, 1.165) is 31.5 Å². The average molecular weight is 521 g/mol. The maximum atomic E-state index is 4.41. The van der Waals surface area contributed by atoms with Crippen molar-refractivity contribution in [2.75, 3.05) is 12.4 Å². The fourth-order valence-electron chi connectivity index (χ4n) is 4.65. The number of aryl methyl sites for hydroxylation is 4. The number of hydrogen-bond acceptors (Lipinski definition) is 3. The van der Waals surface area contributed by atoms with Crippen molar-refractivity contribution in [2.24, 2.45) is 0 Å². The molecule has 4 aromatic rings. The second kappa shape index (κ2) is 14.9. The Bertz CT molecular complexity index is 1420. The highest BCUT2D eigenvalue weighted by molar-refractivity contribution is 5.75. The Hall–Kier alpha value is -3.89. The largest absolute Gasteiger partial charge is 0.362 e. The van der Waals surface area contributed by atoms with Gasteiger partial charge in [-0.2, -0.15) is 5.10 Å². The van der Waals surface area contributed by atoms with Crippen molar-refractivity contribution >= 4 is 16.8 Å². The monoisotopic (exact) mass is 520 g/mol. The van der Waals surface area contributed by atoms with E-state index in [1.54, 1.807) is 6.20 Å². The van der Waals surface area contributed by atoms with Gasteiger partial charge in [0, 0.05) is 17.9 Å². The second-order valence-electron chi connectivity index (χ2n) is 10.0. The zero-order valence-corrected chi connectivity index (χ0v) is 24.5. The molecule has 4 nitrogen and oxygen atoms in total. The van der Waals surface area contributed by atoms with E-state index in [9.17, 15) is 0 Å². The lowest BCUT2D eigenvalue weighted by molar-refractivity contribution is 0.817. The molecule has 0 atom stereocenters. The summed E-state index contributed by atoms with van der Waals surface area (Å²) in [6.45, 7) is 15.2. The molecule has 0 fully saturated rings. The average Bonchev–Trinajstić information content (AvgIpc) is 3.31. The fraction of sp³-hybridized carbons (Fsp3) is 0.286. The van der Waals surface area contributed by atoms with Crippen LogP contribution < -0.4 is 10.6 Å². The van der Waals surface area contributed by atoms with E-state index in [-0.39, 0.29) is 0 Å². The molecule has 0 unspecified atom stereocenters. The normalized spacial score (nSPS) is 12.4. The van der Waals surface area contributed by atoms with Crippen molar-refractivity contribution in [1.29, 1.82) is 0 Å². The van der Waals surface area contributed by atoms with Crippen LogP contribution in [0.4, 0.5) is 5.69 Å². The number of allylic oxidation sites excluding steroid dienone is 4. The summed E-state index contributed by atoms with van der Waals surface area (Å²) in [5.41, 5.74) is 13.0. The third-order valence-electron chi connectivity index (χ3n) is 6.84. The van der Waals surface area contributed by atoms with Gasteiger partial charge in [-0.15, -0.1) is 0 Å². The lowest BCUT2D eigenvalue weighted by Crippen LogP contribution is -2.04. The molecule has 0 saturated heterocycles. The Morgan fingerprint density at radius 1 is 0.974 bits per heavy atom. The van der Waals surface area contributed by atoms with Gasteiger partial charge in [-0.3, -0.25) is 0 Å². The minimum absolute atomic E-state index is 0.962. The van der Waals surface area contributed by atoms with Crippen molar-refractivity contribution in [3.05, 3.63) is 131 Å². The standard InChI is InChI=1S/C16H18N2.C10H15N.C9H11N/c1-11-6-4-5-7-15(11)14-8-13(3)18-16(9-14)12(2)10-17-18;1-3-9-4-6-10(7-5-9)8-11-2;1-3-10-9-6-4-5-8(2)7-9/h4,6,8-10H,5,7H2,1-3H3;4-7,11H,3,8H2,1-2H3;3-7,10H,1H2,2H3. The Balaban J connectivity index is 0.000000173. The van der Waals surface area contributed by atoms with Gasteiger partial charge in [0.25, 0.3) is 0 Å². The van der Waals surface area contributed by atoms with Gasteiger partial charge in [0.2, 0.25) is 0 Å². The fourth-order valence-corrected chi connectivity index (χ4v) is 4.65. The number of rotatable bonds is 6. The Labute approximate surface area is 235 Å². The van der Waals surface area contributed by atoms with Crippen molar-refractivity contribution in [3.8, 4) is 0 Å². The highest BCUT2D eigenvalue weighted by Crippen LogP contribution is 2.30. The molecule has 0 radical (unpaired) electrons. The highest BCUT2D eigenvalue weighted by Gasteiger charge is 2.11. The topological polar surface area (TPSA) is 41.4 Å². The quantitative estimate of drug-likeness (QED) is 0.267. The number of nitrogens with one attached hydrogen (secondary N) is 2. The zero-order valence-electron chi connectivity index (χ0n) is 24.5. The van der Waals surface area contributed by atoms with Gasteiger partial charge in [0.1, 0.15) is 0 Å². The molecule has 2 heterocycles. The third kappa shape index (κ3) is 8.56. The maximum absolute atomic E-state index is 4.41. The summed E-state index contributed by atoms with van der Waals surface area (Å²) in [5, 5.41) is 10.5. The van der Waals surface area contributed by atoms with Crippen LogP contribution in [0.3, 0.4) is 0 Å². The summed E-state index contributed by atoms with van der Waals surface area (Å²) >= 11 is 0. The smallest absolute Gasteiger partial charge is 0.0699 e. The molecule has 2 aromatic heterocycles. The third-order valence-corrected chi connectivity index (χ3v) is 6.84. The van der Waals surface area contributed by atoms with E-state index >= 15 is 0 Å². The molecular formula is C35H44N4. The van der Waals surface area contributed by atoms with Gasteiger partial charge in [-0.1, -0.05) is 62.1 Å². The SMILES string of the molecule is C=CNc1cccc(C)c1.CC1=C(c2cc(C)n3ncc(C)c3c2)CCC=C1.CCc1ccc(CNC)cc1. The lowest BCUT2D eigenvalue weighted by Gasteiger charge is -2.15. The Kier molecular flexibility index (Phi) is 11.3. The summed E-state index contributed by atoms with van der Waals surface area (Å²) in [5.74, 6) is 0. The summed E-state index contributed by atoms with van der Waals surface area (Å²) in [6, 6.07) is 21.4. The number of aromatic nitrogens is 2. The van der Waals surface area contributed by atoms with E-state index in [1.165, 1.54) is 50.2 Å². The molecule has 4 heteroatoms. The molecule has 2 N–H and O–H groups in total. The maximum Gasteiger partial charge on any atom is 0.0699 e.